The SMILES string of the molecule is NC(=O)c1cc(C(F)(F)F)c(F)cc1N. The first-order chi connectivity index (χ1) is 6.73. The van der Waals surface area contributed by atoms with Crippen molar-refractivity contribution in [3.8, 4) is 0 Å². The molecule has 0 aliphatic rings. The molecule has 0 bridgehead atoms. The molecule has 0 aliphatic carbocycles. The molecule has 0 aromatic heterocycles. The third kappa shape index (κ3) is 2.17. The highest BCUT2D eigenvalue weighted by Gasteiger charge is 2.35. The van der Waals surface area contributed by atoms with Gasteiger partial charge in [-0.25, -0.2) is 4.39 Å². The Labute approximate surface area is 81.7 Å². The molecule has 3 nitrogen and oxygen atoms in total. The van der Waals surface area contributed by atoms with E-state index >= 15 is 0 Å². The van der Waals surface area contributed by atoms with E-state index in [4.69, 9.17) is 11.5 Å². The van der Waals surface area contributed by atoms with Crippen LogP contribution in [0.25, 0.3) is 0 Å². The Morgan fingerprint density at radius 1 is 1.27 bits per heavy atom. The van der Waals surface area contributed by atoms with Crippen molar-refractivity contribution in [2.75, 3.05) is 5.73 Å². The van der Waals surface area contributed by atoms with E-state index in [9.17, 15) is 22.4 Å². The maximum absolute atomic E-state index is 12.8. The molecular formula is C8H6F4N2O. The van der Waals surface area contributed by atoms with Crippen LogP contribution >= 0.6 is 0 Å². The molecule has 0 unspecified atom stereocenters. The van der Waals surface area contributed by atoms with Gasteiger partial charge in [0.25, 0.3) is 5.91 Å². The van der Waals surface area contributed by atoms with E-state index < -0.39 is 34.7 Å². The summed E-state index contributed by atoms with van der Waals surface area (Å²) in [6, 6.07) is 0.718. The predicted molar refractivity (Wildman–Crippen MR) is 44.3 cm³/mol. The summed E-state index contributed by atoms with van der Waals surface area (Å²) in [5.74, 6) is -2.68. The van der Waals surface area contributed by atoms with E-state index in [1.807, 2.05) is 0 Å². The second-order valence-corrected chi connectivity index (χ2v) is 2.78. The second-order valence-electron chi connectivity index (χ2n) is 2.78. The first kappa shape index (κ1) is 11.3. The lowest BCUT2D eigenvalue weighted by Crippen LogP contribution is -2.17. The number of amides is 1. The largest absolute Gasteiger partial charge is 0.419 e. The maximum atomic E-state index is 12.8. The third-order valence-electron chi connectivity index (χ3n) is 1.71. The summed E-state index contributed by atoms with van der Waals surface area (Å²) in [6.07, 6.45) is -4.89. The van der Waals surface area contributed by atoms with Gasteiger partial charge in [0.05, 0.1) is 11.1 Å². The Bertz CT molecular complexity index is 414. The van der Waals surface area contributed by atoms with Gasteiger partial charge in [0, 0.05) is 5.69 Å². The van der Waals surface area contributed by atoms with Crippen LogP contribution in [0.4, 0.5) is 23.2 Å². The number of carbonyl (C=O) groups excluding carboxylic acids is 1. The summed E-state index contributed by atoms with van der Waals surface area (Å²) in [4.78, 5) is 10.7. The fraction of sp³-hybridized carbons (Fsp3) is 0.125. The smallest absolute Gasteiger partial charge is 0.398 e. The molecule has 0 aliphatic heterocycles. The van der Waals surface area contributed by atoms with Gasteiger partial charge in [0.2, 0.25) is 0 Å². The van der Waals surface area contributed by atoms with Crippen LogP contribution in [0.3, 0.4) is 0 Å². The highest BCUT2D eigenvalue weighted by Crippen LogP contribution is 2.33. The van der Waals surface area contributed by atoms with E-state index in [2.05, 4.69) is 0 Å². The molecular weight excluding hydrogens is 216 g/mol. The van der Waals surface area contributed by atoms with Crippen LogP contribution in [0.5, 0.6) is 0 Å². The van der Waals surface area contributed by atoms with Crippen molar-refractivity contribution >= 4 is 11.6 Å². The Hall–Kier alpha value is -1.79. The lowest BCUT2D eigenvalue weighted by atomic mass is 10.1. The number of carbonyl (C=O) groups is 1. The summed E-state index contributed by atoms with van der Waals surface area (Å²) in [5.41, 5.74) is 7.35. The quantitative estimate of drug-likeness (QED) is 0.558. The predicted octanol–water partition coefficient (Wildman–Crippen LogP) is 1.53. The first-order valence-electron chi connectivity index (χ1n) is 3.69. The van der Waals surface area contributed by atoms with E-state index in [-0.39, 0.29) is 0 Å². The number of nitrogen functional groups attached to an aromatic ring is 1. The van der Waals surface area contributed by atoms with E-state index in [0.29, 0.717) is 12.1 Å². The molecule has 0 atom stereocenters. The minimum Gasteiger partial charge on any atom is -0.398 e. The molecule has 1 aromatic rings. The lowest BCUT2D eigenvalue weighted by Gasteiger charge is -2.10. The van der Waals surface area contributed by atoms with Crippen LogP contribution < -0.4 is 11.5 Å². The Morgan fingerprint density at radius 3 is 2.20 bits per heavy atom. The van der Waals surface area contributed by atoms with Gasteiger partial charge in [-0.15, -0.1) is 0 Å². The van der Waals surface area contributed by atoms with Gasteiger partial charge < -0.3 is 11.5 Å². The van der Waals surface area contributed by atoms with Crippen molar-refractivity contribution in [2.24, 2.45) is 5.73 Å². The molecule has 1 amide bonds. The van der Waals surface area contributed by atoms with Crippen LogP contribution in [0.15, 0.2) is 12.1 Å². The number of rotatable bonds is 1. The molecule has 1 rings (SSSR count). The fourth-order valence-corrected chi connectivity index (χ4v) is 1.02. The van der Waals surface area contributed by atoms with Gasteiger partial charge in [0.15, 0.2) is 0 Å². The zero-order valence-corrected chi connectivity index (χ0v) is 7.23. The summed E-state index contributed by atoms with van der Waals surface area (Å²) < 4.78 is 49.4. The monoisotopic (exact) mass is 222 g/mol. The average Bonchev–Trinajstić information content (AvgIpc) is 2.00. The van der Waals surface area contributed by atoms with Gasteiger partial charge in [-0.2, -0.15) is 13.2 Å². The summed E-state index contributed by atoms with van der Waals surface area (Å²) in [7, 11) is 0. The number of alkyl halides is 3. The molecule has 0 saturated carbocycles. The topological polar surface area (TPSA) is 69.1 Å². The van der Waals surface area contributed by atoms with Crippen LogP contribution in [0.1, 0.15) is 15.9 Å². The third-order valence-corrected chi connectivity index (χ3v) is 1.71. The Morgan fingerprint density at radius 2 is 1.80 bits per heavy atom. The minimum absolute atomic E-state index is 0.299. The van der Waals surface area contributed by atoms with E-state index in [1.165, 1.54) is 0 Å². The number of nitrogens with two attached hydrogens (primary N) is 2. The number of halogens is 4. The van der Waals surface area contributed by atoms with Gasteiger partial charge in [-0.05, 0) is 12.1 Å². The highest BCUT2D eigenvalue weighted by molar-refractivity contribution is 5.98. The molecule has 82 valence electrons. The van der Waals surface area contributed by atoms with Crippen LogP contribution in [0, 0.1) is 5.82 Å². The molecule has 4 N–H and O–H groups in total. The molecule has 0 fully saturated rings. The second kappa shape index (κ2) is 3.41. The molecule has 1 aromatic carbocycles. The standard InChI is InChI=1S/C8H6F4N2O/c9-5-2-6(13)3(7(14)15)1-4(5)8(10,11)12/h1-2H,13H2,(H2,14,15). The average molecular weight is 222 g/mol. The molecule has 0 spiro atoms. The summed E-state index contributed by atoms with van der Waals surface area (Å²) >= 11 is 0. The first-order valence-corrected chi connectivity index (χ1v) is 3.69. The van der Waals surface area contributed by atoms with Gasteiger partial charge in [-0.1, -0.05) is 0 Å². The van der Waals surface area contributed by atoms with Gasteiger partial charge >= 0.3 is 6.18 Å². The normalized spacial score (nSPS) is 11.5. The number of hydrogen-bond donors (Lipinski definition) is 2. The molecule has 7 heteroatoms. The van der Waals surface area contributed by atoms with Crippen LogP contribution in [-0.2, 0) is 6.18 Å². The van der Waals surface area contributed by atoms with Crippen molar-refractivity contribution in [1.82, 2.24) is 0 Å². The lowest BCUT2D eigenvalue weighted by molar-refractivity contribution is -0.139. The number of hydrogen-bond acceptors (Lipinski definition) is 2. The number of anilines is 1. The van der Waals surface area contributed by atoms with Gasteiger partial charge in [0.1, 0.15) is 5.82 Å². The van der Waals surface area contributed by atoms with E-state index in [1.54, 1.807) is 0 Å². The Balaban J connectivity index is 3.43. The molecule has 15 heavy (non-hydrogen) atoms. The maximum Gasteiger partial charge on any atom is 0.419 e. The van der Waals surface area contributed by atoms with Gasteiger partial charge in [-0.3, -0.25) is 4.79 Å². The number of primary amides is 1. The molecule has 0 saturated heterocycles. The summed E-state index contributed by atoms with van der Waals surface area (Å²) in [6.45, 7) is 0. The van der Waals surface area contributed by atoms with Crippen molar-refractivity contribution in [1.29, 1.82) is 0 Å². The van der Waals surface area contributed by atoms with Crippen molar-refractivity contribution in [3.63, 3.8) is 0 Å². The molecule has 0 heterocycles. The van der Waals surface area contributed by atoms with Crippen LogP contribution in [0.2, 0.25) is 0 Å². The molecule has 0 radical (unpaired) electrons. The van der Waals surface area contributed by atoms with Crippen LogP contribution in [-0.4, -0.2) is 5.91 Å². The van der Waals surface area contributed by atoms with E-state index in [0.717, 1.165) is 0 Å². The summed E-state index contributed by atoms with van der Waals surface area (Å²) in [5, 5.41) is 0. The fourth-order valence-electron chi connectivity index (χ4n) is 1.02. The van der Waals surface area contributed by atoms with Crippen molar-refractivity contribution in [2.45, 2.75) is 6.18 Å². The van der Waals surface area contributed by atoms with Crippen molar-refractivity contribution in [3.05, 3.63) is 29.1 Å². The number of benzene rings is 1. The zero-order valence-electron chi connectivity index (χ0n) is 7.23. The zero-order chi connectivity index (χ0) is 11.8. The highest BCUT2D eigenvalue weighted by atomic mass is 19.4. The Kier molecular flexibility index (Phi) is 2.57. The minimum atomic E-state index is -4.89. The van der Waals surface area contributed by atoms with Crippen molar-refractivity contribution < 1.29 is 22.4 Å².